The summed E-state index contributed by atoms with van der Waals surface area (Å²) < 4.78 is 5.62. The van der Waals surface area contributed by atoms with Gasteiger partial charge >= 0.3 is 17.9 Å². The molecule has 8 heteroatoms. The van der Waals surface area contributed by atoms with Gasteiger partial charge in [-0.25, -0.2) is 9.59 Å². The molecule has 5 rings (SSSR count). The number of nitrogens with one attached hydrogen (secondary N) is 1. The third-order valence-electron chi connectivity index (χ3n) is 6.59. The highest BCUT2D eigenvalue weighted by Crippen LogP contribution is 2.40. The second-order valence-electron chi connectivity index (χ2n) is 8.85. The number of H-pyrrole nitrogens is 1. The van der Waals surface area contributed by atoms with Gasteiger partial charge in [0.15, 0.2) is 0 Å². The molecule has 1 aliphatic heterocycles. The van der Waals surface area contributed by atoms with Gasteiger partial charge in [0, 0.05) is 47.8 Å². The van der Waals surface area contributed by atoms with Gasteiger partial charge < -0.3 is 19.9 Å². The second kappa shape index (κ2) is 9.62. The fraction of sp³-hybridized carbons (Fsp3) is 0.400. The largest absolute Gasteiger partial charge is 0.478 e. The van der Waals surface area contributed by atoms with E-state index >= 15 is 0 Å². The molecule has 1 saturated carbocycles. The van der Waals surface area contributed by atoms with Crippen LogP contribution in [0.2, 0.25) is 0 Å². The molecule has 33 heavy (non-hydrogen) atoms. The Labute approximate surface area is 191 Å². The van der Waals surface area contributed by atoms with Crippen LogP contribution in [0, 0.1) is 11.8 Å². The van der Waals surface area contributed by atoms with E-state index in [0.29, 0.717) is 24.8 Å². The molecule has 0 bridgehead atoms. The van der Waals surface area contributed by atoms with Crippen molar-refractivity contribution < 1.29 is 29.3 Å². The minimum absolute atomic E-state index is 0.00749. The molecule has 1 aromatic heterocycles. The number of aliphatic carboxylic acids is 2. The van der Waals surface area contributed by atoms with Crippen LogP contribution in [0.5, 0.6) is 0 Å². The van der Waals surface area contributed by atoms with Crippen LogP contribution in [-0.4, -0.2) is 64.2 Å². The number of aromatic nitrogens is 1. The fourth-order valence-electron chi connectivity index (χ4n) is 4.75. The highest BCUT2D eigenvalue weighted by Gasteiger charge is 2.34. The Hall–Kier alpha value is -3.39. The van der Waals surface area contributed by atoms with E-state index in [1.165, 1.54) is 34.0 Å². The maximum atomic E-state index is 12.1. The first-order chi connectivity index (χ1) is 15.8. The lowest BCUT2D eigenvalue weighted by Crippen LogP contribution is -2.43. The molecule has 0 amide bonds. The van der Waals surface area contributed by atoms with Gasteiger partial charge in [0.2, 0.25) is 0 Å². The molecule has 0 radical (unpaired) electrons. The van der Waals surface area contributed by atoms with Crippen molar-refractivity contribution in [3.63, 3.8) is 0 Å². The van der Waals surface area contributed by atoms with E-state index in [9.17, 15) is 14.4 Å². The van der Waals surface area contributed by atoms with Crippen molar-refractivity contribution in [3.05, 3.63) is 53.8 Å². The Bertz CT molecular complexity index is 1110. The zero-order valence-electron chi connectivity index (χ0n) is 18.5. The number of rotatable bonds is 5. The standard InChI is InChI=1S/C21H24N2O2.C4H4O4/c1-23-11-13(12-25-21(24)14-4-2-5-14)8-17-16-6-3-7-18-20(16)15(10-22-18)9-19(17)23;5-3(6)1-2-4(7)8/h3,6-8,10,13-14,19,22H,2,4-5,9,11-12H2,1H3;1-2H,(H,5,6)(H,7,8)/b;2-1-/t13-,19-;/m1./s1. The first-order valence-corrected chi connectivity index (χ1v) is 11.2. The fourth-order valence-corrected chi connectivity index (χ4v) is 4.75. The first kappa shape index (κ1) is 22.8. The zero-order chi connectivity index (χ0) is 23.5. The molecular weight excluding hydrogens is 424 g/mol. The van der Waals surface area contributed by atoms with Crippen LogP contribution >= 0.6 is 0 Å². The SMILES string of the molecule is CN1C[C@H](COC(=O)C2CCC2)C=C2c3cccc4[nH]cc(c34)C[C@H]21.O=C(O)/C=C\C(=O)O. The third-order valence-corrected chi connectivity index (χ3v) is 6.59. The minimum atomic E-state index is -1.26. The lowest BCUT2D eigenvalue weighted by Gasteiger charge is -2.39. The van der Waals surface area contributed by atoms with Crippen LogP contribution in [0.25, 0.3) is 16.5 Å². The number of aromatic amines is 1. The number of carbonyl (C=O) groups is 3. The second-order valence-corrected chi connectivity index (χ2v) is 8.85. The number of hydrogen-bond donors (Lipinski definition) is 3. The number of fused-ring (bicyclic) bond motifs is 2. The number of esters is 1. The van der Waals surface area contributed by atoms with Crippen LogP contribution in [0.4, 0.5) is 0 Å². The number of likely N-dealkylation sites (N-methyl/N-ethyl adjacent to an activating group) is 1. The van der Waals surface area contributed by atoms with E-state index in [0.717, 1.165) is 25.8 Å². The van der Waals surface area contributed by atoms with Crippen LogP contribution in [0.3, 0.4) is 0 Å². The Kier molecular flexibility index (Phi) is 6.65. The summed E-state index contributed by atoms with van der Waals surface area (Å²) in [6.45, 7) is 1.45. The summed E-state index contributed by atoms with van der Waals surface area (Å²) in [5.74, 6) is -2.07. The number of carboxylic acids is 2. The molecule has 2 aliphatic carbocycles. The number of benzene rings is 1. The molecule has 0 spiro atoms. The molecule has 0 unspecified atom stereocenters. The number of hydrogen-bond acceptors (Lipinski definition) is 5. The topological polar surface area (TPSA) is 120 Å². The van der Waals surface area contributed by atoms with Crippen molar-refractivity contribution in [1.29, 1.82) is 0 Å². The lowest BCUT2D eigenvalue weighted by molar-refractivity contribution is -0.152. The van der Waals surface area contributed by atoms with Gasteiger partial charge in [-0.2, -0.15) is 0 Å². The van der Waals surface area contributed by atoms with Gasteiger partial charge in [0.1, 0.15) is 0 Å². The predicted molar refractivity (Wildman–Crippen MR) is 123 cm³/mol. The zero-order valence-corrected chi connectivity index (χ0v) is 18.5. The van der Waals surface area contributed by atoms with Gasteiger partial charge in [-0.1, -0.05) is 24.6 Å². The van der Waals surface area contributed by atoms with Crippen molar-refractivity contribution in [2.45, 2.75) is 31.7 Å². The van der Waals surface area contributed by atoms with E-state index < -0.39 is 11.9 Å². The van der Waals surface area contributed by atoms with Crippen molar-refractivity contribution in [3.8, 4) is 0 Å². The van der Waals surface area contributed by atoms with Crippen molar-refractivity contribution in [2.75, 3.05) is 20.2 Å². The van der Waals surface area contributed by atoms with Gasteiger partial charge in [0.25, 0.3) is 0 Å². The third kappa shape index (κ3) is 5.01. The van der Waals surface area contributed by atoms with Crippen molar-refractivity contribution in [1.82, 2.24) is 9.88 Å². The summed E-state index contributed by atoms with van der Waals surface area (Å²) in [6, 6.07) is 6.93. The van der Waals surface area contributed by atoms with E-state index in [-0.39, 0.29) is 17.8 Å². The highest BCUT2D eigenvalue weighted by atomic mass is 16.5. The monoisotopic (exact) mass is 452 g/mol. The Balaban J connectivity index is 0.000000281. The molecule has 2 atom stereocenters. The summed E-state index contributed by atoms with van der Waals surface area (Å²) in [5.41, 5.74) is 5.37. The maximum absolute atomic E-state index is 12.1. The molecular formula is C25H28N2O6. The van der Waals surface area contributed by atoms with E-state index in [4.69, 9.17) is 14.9 Å². The molecule has 174 valence electrons. The van der Waals surface area contributed by atoms with Crippen LogP contribution in [-0.2, 0) is 25.5 Å². The Morgan fingerprint density at radius 1 is 1.18 bits per heavy atom. The lowest BCUT2D eigenvalue weighted by atomic mass is 9.80. The van der Waals surface area contributed by atoms with E-state index in [1.54, 1.807) is 0 Å². The van der Waals surface area contributed by atoms with Crippen LogP contribution in [0.15, 0.2) is 42.6 Å². The quantitative estimate of drug-likeness (QED) is 0.471. The van der Waals surface area contributed by atoms with Crippen molar-refractivity contribution in [2.24, 2.45) is 11.8 Å². The molecule has 0 saturated heterocycles. The first-order valence-electron chi connectivity index (χ1n) is 11.2. The molecule has 1 fully saturated rings. The van der Waals surface area contributed by atoms with Gasteiger partial charge in [-0.05, 0) is 49.1 Å². The molecule has 2 heterocycles. The van der Waals surface area contributed by atoms with Gasteiger partial charge in [-0.3, -0.25) is 9.69 Å². The normalized spacial score (nSPS) is 22.0. The molecule has 3 aliphatic rings. The summed E-state index contributed by atoms with van der Waals surface area (Å²) in [5, 5.41) is 17.0. The van der Waals surface area contributed by atoms with Gasteiger partial charge in [-0.15, -0.1) is 0 Å². The number of nitrogens with zero attached hydrogens (tertiary/aromatic N) is 1. The number of carbonyl (C=O) groups excluding carboxylic acids is 1. The van der Waals surface area contributed by atoms with Crippen molar-refractivity contribution >= 4 is 34.4 Å². The van der Waals surface area contributed by atoms with Crippen LogP contribution < -0.4 is 0 Å². The summed E-state index contributed by atoms with van der Waals surface area (Å²) in [6.07, 6.45) is 9.86. The maximum Gasteiger partial charge on any atom is 0.328 e. The summed E-state index contributed by atoms with van der Waals surface area (Å²) in [4.78, 5) is 37.0. The van der Waals surface area contributed by atoms with Gasteiger partial charge in [0.05, 0.1) is 12.5 Å². The Morgan fingerprint density at radius 3 is 2.55 bits per heavy atom. The average Bonchev–Trinajstić information content (AvgIpc) is 3.15. The predicted octanol–water partition coefficient (Wildman–Crippen LogP) is 3.09. The highest BCUT2D eigenvalue weighted by molar-refractivity contribution is 5.98. The average molecular weight is 453 g/mol. The molecule has 8 nitrogen and oxygen atoms in total. The van der Waals surface area contributed by atoms with E-state index in [2.05, 4.69) is 47.4 Å². The minimum Gasteiger partial charge on any atom is -0.478 e. The number of carboxylic acid groups (broad SMARTS) is 2. The molecule has 1 aromatic carbocycles. The van der Waals surface area contributed by atoms with E-state index in [1.807, 2.05) is 0 Å². The molecule has 2 aromatic rings. The van der Waals surface area contributed by atoms with Crippen LogP contribution in [0.1, 0.15) is 30.4 Å². The Morgan fingerprint density at radius 2 is 1.91 bits per heavy atom. The summed E-state index contributed by atoms with van der Waals surface area (Å²) in [7, 11) is 2.19. The molecule has 3 N–H and O–H groups in total. The summed E-state index contributed by atoms with van der Waals surface area (Å²) >= 11 is 0. The smallest absolute Gasteiger partial charge is 0.328 e. The number of ether oxygens (including phenoxy) is 1.